The highest BCUT2D eigenvalue weighted by Crippen LogP contribution is 2.18. The van der Waals surface area contributed by atoms with E-state index < -0.39 is 26.0 Å². The van der Waals surface area contributed by atoms with E-state index in [1.807, 2.05) is 0 Å². The van der Waals surface area contributed by atoms with Crippen molar-refractivity contribution in [3.8, 4) is 5.75 Å². The van der Waals surface area contributed by atoms with E-state index in [4.69, 9.17) is 4.74 Å². The summed E-state index contributed by atoms with van der Waals surface area (Å²) in [4.78, 5) is 12.3. The van der Waals surface area contributed by atoms with Gasteiger partial charge in [0.2, 0.25) is 26.0 Å². The van der Waals surface area contributed by atoms with Crippen LogP contribution in [0.5, 0.6) is 5.75 Å². The Bertz CT molecular complexity index is 1050. The average Bonchev–Trinajstić information content (AvgIpc) is 2.72. The van der Waals surface area contributed by atoms with Crippen molar-refractivity contribution in [3.63, 3.8) is 0 Å². The van der Waals surface area contributed by atoms with Crippen molar-refractivity contribution < 1.29 is 26.4 Å². The molecule has 0 saturated carbocycles. The lowest BCUT2D eigenvalue weighted by Crippen LogP contribution is -2.39. The summed E-state index contributed by atoms with van der Waals surface area (Å²) < 4.78 is 56.4. The topological polar surface area (TPSA) is 113 Å². The minimum atomic E-state index is -3.74. The second-order valence-electron chi connectivity index (χ2n) is 6.53. The number of likely N-dealkylation sites (N-methyl/N-ethyl adjacent to an activating group) is 1. The van der Waals surface area contributed by atoms with Crippen LogP contribution in [0.2, 0.25) is 0 Å². The van der Waals surface area contributed by atoms with E-state index in [1.54, 1.807) is 18.2 Å². The van der Waals surface area contributed by atoms with Crippen molar-refractivity contribution >= 4 is 26.0 Å². The SMILES string of the molecule is CN(C)S(=O)(=O)c1ccc(OCCNC(=O)CN(C)S(=O)(=O)c2ccccc2)cc1. The number of nitrogens with zero attached hydrogens (tertiary/aromatic N) is 2. The summed E-state index contributed by atoms with van der Waals surface area (Å²) in [5.41, 5.74) is 0. The fourth-order valence-electron chi connectivity index (χ4n) is 2.39. The Hall–Kier alpha value is -2.47. The Morgan fingerprint density at radius 1 is 0.867 bits per heavy atom. The highest BCUT2D eigenvalue weighted by atomic mass is 32.2. The molecular weight excluding hydrogens is 430 g/mol. The zero-order valence-electron chi connectivity index (χ0n) is 17.0. The number of rotatable bonds is 10. The van der Waals surface area contributed by atoms with E-state index in [2.05, 4.69) is 5.32 Å². The molecule has 0 spiro atoms. The van der Waals surface area contributed by atoms with E-state index >= 15 is 0 Å². The van der Waals surface area contributed by atoms with E-state index in [0.29, 0.717) is 5.75 Å². The third-order valence-corrected chi connectivity index (χ3v) is 7.76. The molecule has 0 aliphatic rings. The molecular formula is C19H25N3O6S2. The van der Waals surface area contributed by atoms with E-state index in [1.165, 1.54) is 57.5 Å². The molecule has 30 heavy (non-hydrogen) atoms. The molecule has 0 fully saturated rings. The number of ether oxygens (including phenoxy) is 1. The summed E-state index contributed by atoms with van der Waals surface area (Å²) in [6.07, 6.45) is 0. The molecule has 0 aromatic heterocycles. The van der Waals surface area contributed by atoms with Crippen LogP contribution in [0, 0.1) is 0 Å². The van der Waals surface area contributed by atoms with E-state index in [-0.39, 0.29) is 29.5 Å². The summed E-state index contributed by atoms with van der Waals surface area (Å²) in [5, 5.41) is 2.59. The largest absolute Gasteiger partial charge is 0.492 e. The Kier molecular flexibility index (Phi) is 7.96. The summed E-state index contributed by atoms with van der Waals surface area (Å²) in [5.74, 6) is -0.0150. The molecule has 0 atom stereocenters. The summed E-state index contributed by atoms with van der Waals surface area (Å²) in [6, 6.07) is 13.8. The van der Waals surface area contributed by atoms with Crippen molar-refractivity contribution in [2.24, 2.45) is 0 Å². The minimum Gasteiger partial charge on any atom is -0.492 e. The van der Waals surface area contributed by atoms with Crippen LogP contribution in [0.1, 0.15) is 0 Å². The molecule has 0 radical (unpaired) electrons. The van der Waals surface area contributed by atoms with Crippen LogP contribution >= 0.6 is 0 Å². The average molecular weight is 456 g/mol. The number of amides is 1. The molecule has 0 aliphatic heterocycles. The summed E-state index contributed by atoms with van der Waals surface area (Å²) >= 11 is 0. The molecule has 0 aliphatic carbocycles. The zero-order chi connectivity index (χ0) is 22.4. The third kappa shape index (κ3) is 6.02. The van der Waals surface area contributed by atoms with Crippen LogP contribution in [0.15, 0.2) is 64.4 Å². The maximum Gasteiger partial charge on any atom is 0.243 e. The molecule has 0 unspecified atom stereocenters. The van der Waals surface area contributed by atoms with Crippen LogP contribution in [0.4, 0.5) is 0 Å². The quantitative estimate of drug-likeness (QED) is 0.529. The standard InChI is InChI=1S/C19H25N3O6S2/c1-21(2)29(24,25)18-11-9-16(10-12-18)28-14-13-20-19(23)15-22(3)30(26,27)17-7-5-4-6-8-17/h4-12H,13-15H2,1-3H3,(H,20,23). The first-order chi connectivity index (χ1) is 14.0. The number of sulfonamides is 2. The lowest BCUT2D eigenvalue weighted by molar-refractivity contribution is -0.121. The maximum absolute atomic E-state index is 12.4. The molecule has 1 N–H and O–H groups in total. The predicted molar refractivity (Wildman–Crippen MR) is 112 cm³/mol. The summed E-state index contributed by atoms with van der Waals surface area (Å²) in [6.45, 7) is -0.0230. The normalized spacial score (nSPS) is 12.2. The molecule has 2 aromatic rings. The molecule has 164 valence electrons. The Morgan fingerprint density at radius 2 is 1.43 bits per heavy atom. The lowest BCUT2D eigenvalue weighted by atomic mass is 10.3. The molecule has 0 bridgehead atoms. The van der Waals surface area contributed by atoms with Gasteiger partial charge in [-0.25, -0.2) is 21.1 Å². The number of hydrogen-bond donors (Lipinski definition) is 1. The molecule has 0 saturated heterocycles. The molecule has 9 nitrogen and oxygen atoms in total. The van der Waals surface area contributed by atoms with Crippen LogP contribution in [-0.4, -0.2) is 72.2 Å². The smallest absolute Gasteiger partial charge is 0.243 e. The second-order valence-corrected chi connectivity index (χ2v) is 10.7. The van der Waals surface area contributed by atoms with Crippen molar-refractivity contribution in [2.45, 2.75) is 9.79 Å². The van der Waals surface area contributed by atoms with E-state index in [0.717, 1.165) is 8.61 Å². The van der Waals surface area contributed by atoms with Crippen molar-refractivity contribution in [1.29, 1.82) is 0 Å². The number of hydrogen-bond acceptors (Lipinski definition) is 6. The fraction of sp³-hybridized carbons (Fsp3) is 0.316. The first-order valence-electron chi connectivity index (χ1n) is 8.98. The monoisotopic (exact) mass is 455 g/mol. The van der Waals surface area contributed by atoms with Crippen molar-refractivity contribution in [2.75, 3.05) is 40.8 Å². The summed E-state index contributed by atoms with van der Waals surface area (Å²) in [7, 11) is -3.01. The van der Waals surface area contributed by atoms with Crippen molar-refractivity contribution in [1.82, 2.24) is 13.9 Å². The molecule has 11 heteroatoms. The molecule has 2 aromatic carbocycles. The van der Waals surface area contributed by atoms with Gasteiger partial charge in [-0.05, 0) is 36.4 Å². The van der Waals surface area contributed by atoms with Gasteiger partial charge in [-0.15, -0.1) is 0 Å². The molecule has 1 amide bonds. The zero-order valence-corrected chi connectivity index (χ0v) is 18.6. The van der Waals surface area contributed by atoms with Gasteiger partial charge in [0.25, 0.3) is 0 Å². The predicted octanol–water partition coefficient (Wildman–Crippen LogP) is 0.753. The second kappa shape index (κ2) is 10.0. The van der Waals surface area contributed by atoms with Gasteiger partial charge in [0.05, 0.1) is 22.9 Å². The molecule has 0 heterocycles. The van der Waals surface area contributed by atoms with Gasteiger partial charge in [-0.3, -0.25) is 4.79 Å². The van der Waals surface area contributed by atoms with Crippen LogP contribution in [0.25, 0.3) is 0 Å². The Balaban J connectivity index is 1.80. The fourth-order valence-corrected chi connectivity index (χ4v) is 4.44. The van der Waals surface area contributed by atoms with Gasteiger partial charge in [0, 0.05) is 21.1 Å². The lowest BCUT2D eigenvalue weighted by Gasteiger charge is -2.17. The van der Waals surface area contributed by atoms with Crippen molar-refractivity contribution in [3.05, 3.63) is 54.6 Å². The molecule has 2 rings (SSSR count). The van der Waals surface area contributed by atoms with Gasteiger partial charge in [-0.1, -0.05) is 18.2 Å². The van der Waals surface area contributed by atoms with Gasteiger partial charge >= 0.3 is 0 Å². The van der Waals surface area contributed by atoms with Gasteiger partial charge in [0.1, 0.15) is 12.4 Å². The number of carbonyl (C=O) groups is 1. The van der Waals surface area contributed by atoms with Crippen LogP contribution in [-0.2, 0) is 24.8 Å². The number of carbonyl (C=O) groups excluding carboxylic acids is 1. The van der Waals surface area contributed by atoms with Crippen LogP contribution in [0.3, 0.4) is 0 Å². The minimum absolute atomic E-state index is 0.114. The highest BCUT2D eigenvalue weighted by molar-refractivity contribution is 7.89. The number of nitrogens with one attached hydrogen (secondary N) is 1. The first-order valence-corrected chi connectivity index (χ1v) is 11.9. The van der Waals surface area contributed by atoms with Crippen LogP contribution < -0.4 is 10.1 Å². The third-order valence-electron chi connectivity index (χ3n) is 4.11. The van der Waals surface area contributed by atoms with Gasteiger partial charge in [-0.2, -0.15) is 4.31 Å². The van der Waals surface area contributed by atoms with Gasteiger partial charge < -0.3 is 10.1 Å². The Morgan fingerprint density at radius 3 is 2.00 bits per heavy atom. The highest BCUT2D eigenvalue weighted by Gasteiger charge is 2.22. The van der Waals surface area contributed by atoms with E-state index in [9.17, 15) is 21.6 Å². The number of benzene rings is 2. The Labute approximate surface area is 177 Å². The maximum atomic E-state index is 12.4. The van der Waals surface area contributed by atoms with Gasteiger partial charge in [0.15, 0.2) is 0 Å². The first kappa shape index (κ1) is 23.8.